The van der Waals surface area contributed by atoms with Crippen molar-refractivity contribution < 1.29 is 9.90 Å². The van der Waals surface area contributed by atoms with Crippen LogP contribution in [0.4, 0.5) is 0 Å². The molecule has 4 heteroatoms. The van der Waals surface area contributed by atoms with Crippen LogP contribution >= 0.6 is 0 Å². The van der Waals surface area contributed by atoms with Crippen molar-refractivity contribution in [3.05, 3.63) is 71.5 Å². The minimum Gasteiger partial charge on any atom is -0.478 e. The first-order valence-corrected chi connectivity index (χ1v) is 10.3. The Kier molecular flexibility index (Phi) is 6.76. The van der Waals surface area contributed by atoms with E-state index in [1.54, 1.807) is 12.1 Å². The van der Waals surface area contributed by atoms with Crippen molar-refractivity contribution in [3.8, 4) is 22.5 Å². The minimum atomic E-state index is -0.936. The number of aromatic nitrogens is 2. The maximum Gasteiger partial charge on any atom is 0.336 e. The largest absolute Gasteiger partial charge is 0.478 e. The highest BCUT2D eigenvalue weighted by molar-refractivity contribution is 5.97. The second-order valence-corrected chi connectivity index (χ2v) is 7.64. The molecule has 2 aromatic carbocycles. The van der Waals surface area contributed by atoms with E-state index in [1.807, 2.05) is 30.6 Å². The summed E-state index contributed by atoms with van der Waals surface area (Å²) in [6.07, 6.45) is 7.87. The van der Waals surface area contributed by atoms with Gasteiger partial charge in [0.25, 0.3) is 0 Å². The molecule has 3 aromatic rings. The maximum absolute atomic E-state index is 11.8. The zero-order valence-corrected chi connectivity index (χ0v) is 17.4. The molecule has 0 unspecified atom stereocenters. The van der Waals surface area contributed by atoms with Crippen LogP contribution in [-0.2, 0) is 12.8 Å². The highest BCUT2D eigenvalue weighted by atomic mass is 16.4. The van der Waals surface area contributed by atoms with E-state index in [2.05, 4.69) is 42.9 Å². The van der Waals surface area contributed by atoms with E-state index in [4.69, 9.17) is 0 Å². The van der Waals surface area contributed by atoms with Gasteiger partial charge in [0, 0.05) is 18.0 Å². The fourth-order valence-corrected chi connectivity index (χ4v) is 3.40. The Morgan fingerprint density at radius 3 is 2.21 bits per heavy atom. The summed E-state index contributed by atoms with van der Waals surface area (Å²) in [7, 11) is 0. The lowest BCUT2D eigenvalue weighted by molar-refractivity contribution is 0.0697. The van der Waals surface area contributed by atoms with Gasteiger partial charge in [-0.15, -0.1) is 0 Å². The first-order chi connectivity index (χ1) is 14.0. The molecule has 29 heavy (non-hydrogen) atoms. The van der Waals surface area contributed by atoms with Crippen LogP contribution < -0.4 is 0 Å². The van der Waals surface area contributed by atoms with Gasteiger partial charge in [-0.1, -0.05) is 63.9 Å². The van der Waals surface area contributed by atoms with Crippen molar-refractivity contribution in [2.75, 3.05) is 0 Å². The van der Waals surface area contributed by atoms with Gasteiger partial charge in [0.15, 0.2) is 5.82 Å². The summed E-state index contributed by atoms with van der Waals surface area (Å²) in [6, 6.07) is 13.5. The zero-order chi connectivity index (χ0) is 20.8. The number of carboxylic acids is 1. The van der Waals surface area contributed by atoms with Crippen LogP contribution in [0.3, 0.4) is 0 Å². The normalized spacial score (nSPS) is 12.0. The molecule has 0 saturated carbocycles. The van der Waals surface area contributed by atoms with Gasteiger partial charge in [0.05, 0.1) is 5.56 Å². The lowest BCUT2D eigenvalue weighted by Crippen LogP contribution is -2.01. The molecule has 0 saturated heterocycles. The zero-order valence-electron chi connectivity index (χ0n) is 17.4. The maximum atomic E-state index is 11.8. The first-order valence-electron chi connectivity index (χ1n) is 10.3. The van der Waals surface area contributed by atoms with Crippen LogP contribution in [0.1, 0.15) is 55.1 Å². The van der Waals surface area contributed by atoms with Gasteiger partial charge >= 0.3 is 5.97 Å². The molecule has 4 nitrogen and oxygen atoms in total. The summed E-state index contributed by atoms with van der Waals surface area (Å²) in [6.45, 7) is 6.56. The van der Waals surface area contributed by atoms with E-state index in [-0.39, 0.29) is 5.56 Å². The SMILES string of the molecule is CCCc1cnc(-c2ccc(C(=O)O)c(-c3ccc(C[C@@H](C)CC)cc3)c2)nc1. The lowest BCUT2D eigenvalue weighted by atomic mass is 9.94. The van der Waals surface area contributed by atoms with Gasteiger partial charge in [-0.3, -0.25) is 0 Å². The third-order valence-corrected chi connectivity index (χ3v) is 5.30. The molecule has 0 spiro atoms. The molecule has 0 aliphatic heterocycles. The number of rotatable bonds is 8. The number of carboxylic acid groups (broad SMARTS) is 1. The van der Waals surface area contributed by atoms with Crippen LogP contribution in [-0.4, -0.2) is 21.0 Å². The van der Waals surface area contributed by atoms with E-state index < -0.39 is 5.97 Å². The Bertz CT molecular complexity index is 963. The Morgan fingerprint density at radius 1 is 0.966 bits per heavy atom. The van der Waals surface area contributed by atoms with Gasteiger partial charge in [-0.2, -0.15) is 0 Å². The molecule has 1 N–H and O–H groups in total. The quantitative estimate of drug-likeness (QED) is 0.510. The van der Waals surface area contributed by atoms with Crippen LogP contribution in [0.2, 0.25) is 0 Å². The fourth-order valence-electron chi connectivity index (χ4n) is 3.40. The number of aryl methyl sites for hydroxylation is 1. The van der Waals surface area contributed by atoms with Gasteiger partial charge in [0.1, 0.15) is 0 Å². The molecule has 0 radical (unpaired) electrons. The molecular formula is C25H28N2O2. The van der Waals surface area contributed by atoms with E-state index in [9.17, 15) is 9.90 Å². The number of nitrogens with zero attached hydrogens (tertiary/aromatic N) is 2. The molecule has 0 bridgehead atoms. The highest BCUT2D eigenvalue weighted by Gasteiger charge is 2.14. The van der Waals surface area contributed by atoms with E-state index in [0.717, 1.165) is 42.4 Å². The second kappa shape index (κ2) is 9.46. The molecule has 3 rings (SSSR count). The summed E-state index contributed by atoms with van der Waals surface area (Å²) in [4.78, 5) is 20.7. The Balaban J connectivity index is 1.96. The molecule has 150 valence electrons. The molecule has 0 amide bonds. The Morgan fingerprint density at radius 2 is 1.62 bits per heavy atom. The number of hydrogen-bond donors (Lipinski definition) is 1. The summed E-state index contributed by atoms with van der Waals surface area (Å²) < 4.78 is 0. The smallest absolute Gasteiger partial charge is 0.336 e. The first kappa shape index (κ1) is 20.7. The van der Waals surface area contributed by atoms with Crippen molar-refractivity contribution in [3.63, 3.8) is 0 Å². The van der Waals surface area contributed by atoms with Crippen LogP contribution in [0.15, 0.2) is 54.9 Å². The monoisotopic (exact) mass is 388 g/mol. The average Bonchev–Trinajstić information content (AvgIpc) is 2.74. The average molecular weight is 389 g/mol. The number of carbonyl (C=O) groups is 1. The topological polar surface area (TPSA) is 63.1 Å². The molecule has 1 atom stereocenters. The van der Waals surface area contributed by atoms with Gasteiger partial charge in [-0.25, -0.2) is 14.8 Å². The summed E-state index contributed by atoms with van der Waals surface area (Å²) in [5, 5.41) is 9.66. The van der Waals surface area contributed by atoms with E-state index in [0.29, 0.717) is 17.3 Å². The summed E-state index contributed by atoms with van der Waals surface area (Å²) >= 11 is 0. The number of aromatic carboxylic acids is 1. The fraction of sp³-hybridized carbons (Fsp3) is 0.320. The molecule has 0 aliphatic rings. The minimum absolute atomic E-state index is 0.283. The van der Waals surface area contributed by atoms with E-state index in [1.165, 1.54) is 5.56 Å². The summed E-state index contributed by atoms with van der Waals surface area (Å²) in [5.41, 5.74) is 5.05. The van der Waals surface area contributed by atoms with Crippen molar-refractivity contribution >= 4 is 5.97 Å². The Hall–Kier alpha value is -3.01. The third-order valence-electron chi connectivity index (χ3n) is 5.30. The van der Waals surface area contributed by atoms with Gasteiger partial charge in [-0.05, 0) is 53.1 Å². The Labute approximate surface area is 172 Å². The highest BCUT2D eigenvalue weighted by Crippen LogP contribution is 2.29. The van der Waals surface area contributed by atoms with Crippen molar-refractivity contribution in [1.82, 2.24) is 9.97 Å². The lowest BCUT2D eigenvalue weighted by Gasteiger charge is -2.12. The van der Waals surface area contributed by atoms with Crippen molar-refractivity contribution in [2.24, 2.45) is 5.92 Å². The molecule has 0 aliphatic carbocycles. The van der Waals surface area contributed by atoms with Gasteiger partial charge in [0.2, 0.25) is 0 Å². The molecule has 0 fully saturated rings. The second-order valence-electron chi connectivity index (χ2n) is 7.64. The van der Waals surface area contributed by atoms with Crippen molar-refractivity contribution in [1.29, 1.82) is 0 Å². The number of hydrogen-bond acceptors (Lipinski definition) is 3. The predicted molar refractivity (Wildman–Crippen MR) is 117 cm³/mol. The number of benzene rings is 2. The van der Waals surface area contributed by atoms with Crippen molar-refractivity contribution in [2.45, 2.75) is 46.5 Å². The third kappa shape index (κ3) is 5.08. The van der Waals surface area contributed by atoms with E-state index >= 15 is 0 Å². The molecular weight excluding hydrogens is 360 g/mol. The van der Waals surface area contributed by atoms with Crippen LogP contribution in [0, 0.1) is 5.92 Å². The molecule has 1 heterocycles. The summed E-state index contributed by atoms with van der Waals surface area (Å²) in [5.74, 6) is 0.303. The predicted octanol–water partition coefficient (Wildman–Crippen LogP) is 6.05. The molecule has 1 aromatic heterocycles. The standard InChI is InChI=1S/C25H28N2O2/c1-4-6-19-15-26-24(27-16-19)21-11-12-22(25(28)29)23(14-21)20-9-7-18(8-10-20)13-17(3)5-2/h7-12,14-17H,4-6,13H2,1-3H3,(H,28,29)/t17-/m0/s1. The van der Waals surface area contributed by atoms with Crippen LogP contribution in [0.25, 0.3) is 22.5 Å². The van der Waals surface area contributed by atoms with Gasteiger partial charge < -0.3 is 5.11 Å². The van der Waals surface area contributed by atoms with Crippen LogP contribution in [0.5, 0.6) is 0 Å².